The average molecular weight is 473 g/mol. The summed E-state index contributed by atoms with van der Waals surface area (Å²) < 4.78 is 6.79. The van der Waals surface area contributed by atoms with Crippen LogP contribution in [-0.4, -0.2) is 88.8 Å². The van der Waals surface area contributed by atoms with Gasteiger partial charge in [0.05, 0.1) is 0 Å². The number of fused-ring (bicyclic) bond motifs is 1. The Labute approximate surface area is 184 Å². The van der Waals surface area contributed by atoms with Crippen molar-refractivity contribution in [2.75, 3.05) is 18.6 Å². The number of nitrogens with one attached hydrogen (secondary N) is 1. The van der Waals surface area contributed by atoms with Crippen LogP contribution < -0.4 is 5.32 Å². The van der Waals surface area contributed by atoms with Crippen LogP contribution in [0, 0.1) is 0 Å². The number of carboxylic acid groups (broad SMARTS) is 2. The Hall–Kier alpha value is -2.65. The molecule has 0 radical (unpaired) electrons. The molecule has 0 unspecified atom stereocenters. The second-order valence-corrected chi connectivity index (χ2v) is 8.72. The van der Waals surface area contributed by atoms with E-state index in [1.54, 1.807) is 7.05 Å². The van der Waals surface area contributed by atoms with E-state index in [0.717, 1.165) is 4.90 Å². The van der Waals surface area contributed by atoms with Crippen LogP contribution in [0.1, 0.15) is 19.3 Å². The number of tetrazole rings is 1. The summed E-state index contributed by atoms with van der Waals surface area (Å²) in [6, 6.07) is 0. The number of rotatable bonds is 10. The number of ether oxygens (including phenoxy) is 1. The van der Waals surface area contributed by atoms with Crippen molar-refractivity contribution in [3.8, 4) is 0 Å². The van der Waals surface area contributed by atoms with Crippen molar-refractivity contribution < 1.29 is 34.1 Å². The first kappa shape index (κ1) is 23.0. The maximum absolute atomic E-state index is 13.0. The molecule has 2 aliphatic rings. The van der Waals surface area contributed by atoms with Crippen LogP contribution in [-0.2, 0) is 31.0 Å². The molecule has 2 aliphatic heterocycles. The van der Waals surface area contributed by atoms with E-state index in [4.69, 9.17) is 9.84 Å². The zero-order valence-corrected chi connectivity index (χ0v) is 18.2. The maximum Gasteiger partial charge on any atom is 0.352 e. The van der Waals surface area contributed by atoms with E-state index in [9.17, 15) is 24.3 Å². The first-order valence-electron chi connectivity index (χ1n) is 9.05. The van der Waals surface area contributed by atoms with Gasteiger partial charge in [-0.1, -0.05) is 11.8 Å². The van der Waals surface area contributed by atoms with Gasteiger partial charge in [0.15, 0.2) is 0 Å². The molecule has 31 heavy (non-hydrogen) atoms. The molecule has 15 heteroatoms. The van der Waals surface area contributed by atoms with Gasteiger partial charge in [0, 0.05) is 38.5 Å². The van der Waals surface area contributed by atoms with E-state index < -0.39 is 34.9 Å². The molecule has 1 aromatic heterocycles. The van der Waals surface area contributed by atoms with Crippen molar-refractivity contribution in [2.24, 2.45) is 7.05 Å². The fourth-order valence-electron chi connectivity index (χ4n) is 3.22. The number of aromatic nitrogens is 4. The molecular formula is C16H20N6O7S2. The Bertz CT molecular complexity index is 951. The number of amides is 2. The van der Waals surface area contributed by atoms with Crippen LogP contribution in [0.4, 0.5) is 0 Å². The Morgan fingerprint density at radius 3 is 2.68 bits per heavy atom. The molecule has 2 atom stereocenters. The molecule has 1 saturated heterocycles. The number of hydrogen-bond acceptors (Lipinski definition) is 10. The topological polar surface area (TPSA) is 177 Å². The molecule has 2 amide bonds. The molecule has 168 valence electrons. The third-order valence-corrected chi connectivity index (χ3v) is 7.18. The number of methoxy groups -OCH3 is 1. The molecule has 1 fully saturated rings. The lowest BCUT2D eigenvalue weighted by Gasteiger charge is -2.55. The number of nitrogens with zero attached hydrogens (tertiary/aromatic N) is 5. The van der Waals surface area contributed by atoms with E-state index in [1.807, 2.05) is 0 Å². The van der Waals surface area contributed by atoms with Crippen molar-refractivity contribution in [1.29, 1.82) is 0 Å². The molecule has 0 aromatic carbocycles. The van der Waals surface area contributed by atoms with Gasteiger partial charge in [-0.25, -0.2) is 9.48 Å². The van der Waals surface area contributed by atoms with Gasteiger partial charge in [-0.05, 0) is 22.4 Å². The molecule has 0 bridgehead atoms. The Kier molecular flexibility index (Phi) is 6.86. The third-order valence-electron chi connectivity index (χ3n) is 4.71. The fraction of sp³-hybridized carbons (Fsp3) is 0.562. The van der Waals surface area contributed by atoms with Crippen LogP contribution >= 0.6 is 23.5 Å². The zero-order chi connectivity index (χ0) is 22.8. The zero-order valence-electron chi connectivity index (χ0n) is 16.6. The van der Waals surface area contributed by atoms with E-state index in [0.29, 0.717) is 16.5 Å². The van der Waals surface area contributed by atoms with Crippen molar-refractivity contribution in [3.63, 3.8) is 0 Å². The maximum atomic E-state index is 13.0. The molecule has 13 nitrogen and oxygen atoms in total. The standard InChI is InChI=1S/C16H20N6O7S2/c1-21-15(18-19-20-21)31-7-8-6-30-14-16(29-2,13(28)22(14)11(8)12(26)27)17-9(23)4-3-5-10(24)25/h14H,3-7H2,1-2H3,(H,17,23)(H,24,25)(H,26,27)/t14-,16+/m1/s1. The first-order valence-corrected chi connectivity index (χ1v) is 11.1. The van der Waals surface area contributed by atoms with Gasteiger partial charge < -0.3 is 20.3 Å². The highest BCUT2D eigenvalue weighted by Gasteiger charge is 2.66. The smallest absolute Gasteiger partial charge is 0.352 e. The van der Waals surface area contributed by atoms with Crippen LogP contribution in [0.15, 0.2) is 16.4 Å². The van der Waals surface area contributed by atoms with Crippen LogP contribution in [0.25, 0.3) is 0 Å². The van der Waals surface area contributed by atoms with Crippen LogP contribution in [0.2, 0.25) is 0 Å². The number of carbonyl (C=O) groups excluding carboxylic acids is 2. The second kappa shape index (κ2) is 9.23. The Morgan fingerprint density at radius 2 is 2.10 bits per heavy atom. The fourth-order valence-corrected chi connectivity index (χ4v) is 5.65. The highest BCUT2D eigenvalue weighted by Crippen LogP contribution is 2.47. The van der Waals surface area contributed by atoms with Crippen LogP contribution in [0.5, 0.6) is 0 Å². The first-order chi connectivity index (χ1) is 14.7. The van der Waals surface area contributed by atoms with Gasteiger partial charge >= 0.3 is 11.9 Å². The summed E-state index contributed by atoms with van der Waals surface area (Å²) in [7, 11) is 2.91. The molecule has 1 aromatic rings. The summed E-state index contributed by atoms with van der Waals surface area (Å²) >= 11 is 2.51. The summed E-state index contributed by atoms with van der Waals surface area (Å²) in [4.78, 5) is 48.9. The summed E-state index contributed by atoms with van der Waals surface area (Å²) in [5, 5.41) is 31.8. The number of aliphatic carboxylic acids is 2. The van der Waals surface area contributed by atoms with Gasteiger partial charge in [-0.15, -0.1) is 16.9 Å². The van der Waals surface area contributed by atoms with Crippen LogP contribution in [0.3, 0.4) is 0 Å². The van der Waals surface area contributed by atoms with Gasteiger partial charge in [0.2, 0.25) is 11.1 Å². The lowest BCUT2D eigenvalue weighted by molar-refractivity contribution is -0.192. The summed E-state index contributed by atoms with van der Waals surface area (Å²) in [6.07, 6.45) is -0.174. The molecule has 3 rings (SSSR count). The average Bonchev–Trinajstić information content (AvgIpc) is 3.13. The quantitative estimate of drug-likeness (QED) is 0.221. The highest BCUT2D eigenvalue weighted by atomic mass is 32.2. The van der Waals surface area contributed by atoms with Crippen molar-refractivity contribution in [2.45, 2.75) is 35.5 Å². The van der Waals surface area contributed by atoms with E-state index >= 15 is 0 Å². The van der Waals surface area contributed by atoms with E-state index in [2.05, 4.69) is 20.8 Å². The predicted molar refractivity (Wildman–Crippen MR) is 107 cm³/mol. The largest absolute Gasteiger partial charge is 0.481 e. The number of hydrogen-bond donors (Lipinski definition) is 3. The minimum atomic E-state index is -1.70. The molecular weight excluding hydrogens is 452 g/mol. The minimum Gasteiger partial charge on any atom is -0.481 e. The molecule has 0 spiro atoms. The third kappa shape index (κ3) is 4.38. The number of thioether (sulfide) groups is 2. The predicted octanol–water partition coefficient (Wildman–Crippen LogP) is -0.730. The lowest BCUT2D eigenvalue weighted by atomic mass is 9.98. The Morgan fingerprint density at radius 1 is 1.35 bits per heavy atom. The van der Waals surface area contributed by atoms with Gasteiger partial charge in [0.25, 0.3) is 11.6 Å². The molecule has 0 saturated carbocycles. The second-order valence-electron chi connectivity index (χ2n) is 6.70. The van der Waals surface area contributed by atoms with Gasteiger partial charge in [-0.3, -0.25) is 19.3 Å². The molecule has 3 N–H and O–H groups in total. The lowest BCUT2D eigenvalue weighted by Crippen LogP contribution is -2.80. The van der Waals surface area contributed by atoms with Crippen molar-refractivity contribution >= 4 is 47.3 Å². The number of β-lactam (4-membered cyclic amide) rings is 1. The number of aryl methyl sites for hydroxylation is 1. The van der Waals surface area contributed by atoms with E-state index in [1.165, 1.54) is 35.3 Å². The van der Waals surface area contributed by atoms with Gasteiger partial charge in [0.1, 0.15) is 11.1 Å². The normalized spacial score (nSPS) is 22.7. The summed E-state index contributed by atoms with van der Waals surface area (Å²) in [5.74, 6) is -2.97. The summed E-state index contributed by atoms with van der Waals surface area (Å²) in [5.41, 5.74) is -1.32. The SMILES string of the molecule is CO[C@@]1(NC(=O)CCCC(=O)O)C(=O)N2C(C(=O)O)=C(CSc3nnnn3C)CS[C@@H]21. The van der Waals surface area contributed by atoms with Crippen molar-refractivity contribution in [1.82, 2.24) is 30.4 Å². The summed E-state index contributed by atoms with van der Waals surface area (Å²) in [6.45, 7) is 0. The highest BCUT2D eigenvalue weighted by molar-refractivity contribution is 8.01. The van der Waals surface area contributed by atoms with E-state index in [-0.39, 0.29) is 30.7 Å². The van der Waals surface area contributed by atoms with Gasteiger partial charge in [-0.2, -0.15) is 0 Å². The Balaban J connectivity index is 1.75. The molecule has 3 heterocycles. The number of carboxylic acids is 2. The molecule has 0 aliphatic carbocycles. The van der Waals surface area contributed by atoms with Crippen molar-refractivity contribution in [3.05, 3.63) is 11.3 Å². The number of carbonyl (C=O) groups is 4. The monoisotopic (exact) mass is 472 g/mol. The minimum absolute atomic E-state index is 0.0999.